The molecule has 19 heavy (non-hydrogen) atoms. The number of carbonyl (C=O) groups excluding carboxylic acids is 1. The summed E-state index contributed by atoms with van der Waals surface area (Å²) in [6.07, 6.45) is 0.748. The van der Waals surface area contributed by atoms with Crippen LogP contribution in [0.2, 0.25) is 0 Å². The Balaban J connectivity index is 2.63. The van der Waals surface area contributed by atoms with Crippen LogP contribution in [-0.4, -0.2) is 43.1 Å². The van der Waals surface area contributed by atoms with Crippen molar-refractivity contribution in [3.63, 3.8) is 0 Å². The zero-order valence-electron chi connectivity index (χ0n) is 12.8. The van der Waals surface area contributed by atoms with Gasteiger partial charge in [0.15, 0.2) is 5.69 Å². The molecular formula is C14H25N3O2. The molecule has 0 spiro atoms. The van der Waals surface area contributed by atoms with Gasteiger partial charge in [0.1, 0.15) is 5.76 Å². The van der Waals surface area contributed by atoms with Gasteiger partial charge in [-0.25, -0.2) is 0 Å². The van der Waals surface area contributed by atoms with Crippen LogP contribution in [0.4, 0.5) is 0 Å². The van der Waals surface area contributed by atoms with Crippen LogP contribution in [0.1, 0.15) is 42.6 Å². The van der Waals surface area contributed by atoms with Gasteiger partial charge in [-0.2, -0.15) is 0 Å². The maximum absolute atomic E-state index is 12.1. The Bertz CT molecular complexity index is 436. The summed E-state index contributed by atoms with van der Waals surface area (Å²) in [4.78, 5) is 14.2. The Labute approximate surface area is 115 Å². The lowest BCUT2D eigenvalue weighted by Crippen LogP contribution is -2.40. The van der Waals surface area contributed by atoms with Crippen LogP contribution in [0.5, 0.6) is 0 Å². The fourth-order valence-electron chi connectivity index (χ4n) is 2.23. The maximum atomic E-state index is 12.1. The number of nitrogens with zero attached hydrogens (tertiary/aromatic N) is 2. The lowest BCUT2D eigenvalue weighted by Gasteiger charge is -2.28. The normalized spacial score (nSPS) is 11.9. The molecule has 0 fully saturated rings. The highest BCUT2D eigenvalue weighted by Crippen LogP contribution is 2.16. The molecular weight excluding hydrogens is 242 g/mol. The van der Waals surface area contributed by atoms with Crippen LogP contribution in [0, 0.1) is 12.3 Å². The van der Waals surface area contributed by atoms with Crippen LogP contribution in [0.25, 0.3) is 0 Å². The number of nitrogens with one attached hydrogen (secondary N) is 1. The average Bonchev–Trinajstić information content (AvgIpc) is 2.66. The predicted octanol–water partition coefficient (Wildman–Crippen LogP) is 1.86. The lowest BCUT2D eigenvalue weighted by molar-refractivity contribution is 0.0919. The summed E-state index contributed by atoms with van der Waals surface area (Å²) in [5.41, 5.74) is 1.26. The van der Waals surface area contributed by atoms with Gasteiger partial charge in [0.25, 0.3) is 5.91 Å². The minimum atomic E-state index is -0.159. The summed E-state index contributed by atoms with van der Waals surface area (Å²) >= 11 is 0. The lowest BCUT2D eigenvalue weighted by atomic mass is 9.93. The molecule has 0 aliphatic carbocycles. The van der Waals surface area contributed by atoms with Gasteiger partial charge < -0.3 is 14.7 Å². The first kappa shape index (κ1) is 15.7. The van der Waals surface area contributed by atoms with E-state index in [9.17, 15) is 4.79 Å². The van der Waals surface area contributed by atoms with Crippen molar-refractivity contribution in [3.8, 4) is 0 Å². The molecule has 0 aromatic carbocycles. The van der Waals surface area contributed by atoms with E-state index in [4.69, 9.17) is 4.52 Å². The van der Waals surface area contributed by atoms with Crippen LogP contribution in [0.3, 0.4) is 0 Å². The molecule has 1 rings (SSSR count). The van der Waals surface area contributed by atoms with Crippen molar-refractivity contribution in [3.05, 3.63) is 17.0 Å². The number of aryl methyl sites for hydroxylation is 1. The van der Waals surface area contributed by atoms with Crippen LogP contribution in [-0.2, 0) is 6.42 Å². The zero-order valence-corrected chi connectivity index (χ0v) is 12.8. The van der Waals surface area contributed by atoms with Crippen LogP contribution < -0.4 is 5.32 Å². The molecule has 0 saturated carbocycles. The molecule has 0 bridgehead atoms. The van der Waals surface area contributed by atoms with Crippen molar-refractivity contribution in [2.75, 3.05) is 27.2 Å². The highest BCUT2D eigenvalue weighted by atomic mass is 16.5. The van der Waals surface area contributed by atoms with E-state index < -0.39 is 0 Å². The van der Waals surface area contributed by atoms with E-state index in [1.165, 1.54) is 0 Å². The summed E-state index contributed by atoms with van der Waals surface area (Å²) in [5, 5.41) is 6.79. The van der Waals surface area contributed by atoms with Crippen molar-refractivity contribution in [1.29, 1.82) is 0 Å². The molecule has 1 aromatic rings. The summed E-state index contributed by atoms with van der Waals surface area (Å²) in [6, 6.07) is 0. The summed E-state index contributed by atoms with van der Waals surface area (Å²) in [7, 11) is 4.05. The molecule has 0 saturated heterocycles. The highest BCUT2D eigenvalue weighted by molar-refractivity contribution is 5.93. The fraction of sp³-hybridized carbons (Fsp3) is 0.714. The van der Waals surface area contributed by atoms with Gasteiger partial charge in [-0.3, -0.25) is 4.79 Å². The molecule has 1 amide bonds. The Hall–Kier alpha value is -1.36. The summed E-state index contributed by atoms with van der Waals surface area (Å²) in [6.45, 7) is 9.62. The number of hydrogen-bond acceptors (Lipinski definition) is 4. The fourth-order valence-corrected chi connectivity index (χ4v) is 2.23. The predicted molar refractivity (Wildman–Crippen MR) is 75.3 cm³/mol. The van der Waals surface area contributed by atoms with Gasteiger partial charge in [-0.15, -0.1) is 0 Å². The van der Waals surface area contributed by atoms with Gasteiger partial charge in [-0.1, -0.05) is 25.9 Å². The SMILES string of the molecule is CCc1onc(C(=O)NCC(C)(C)CN(C)C)c1C. The van der Waals surface area contributed by atoms with E-state index in [1.807, 2.05) is 27.9 Å². The second-order valence-electron chi connectivity index (χ2n) is 6.02. The smallest absolute Gasteiger partial charge is 0.273 e. The number of rotatable bonds is 6. The third-order valence-corrected chi connectivity index (χ3v) is 3.03. The molecule has 0 radical (unpaired) electrons. The molecule has 1 N–H and O–H groups in total. The van der Waals surface area contributed by atoms with Crippen molar-refractivity contribution in [2.45, 2.75) is 34.1 Å². The first-order valence-electron chi connectivity index (χ1n) is 6.65. The molecule has 1 heterocycles. The van der Waals surface area contributed by atoms with Crippen molar-refractivity contribution in [2.24, 2.45) is 5.41 Å². The van der Waals surface area contributed by atoms with Gasteiger partial charge in [0.05, 0.1) is 0 Å². The Morgan fingerprint density at radius 1 is 1.42 bits per heavy atom. The third-order valence-electron chi connectivity index (χ3n) is 3.03. The molecule has 5 nitrogen and oxygen atoms in total. The standard InChI is InChI=1S/C14H25N3O2/c1-7-11-10(2)12(16-19-11)13(18)15-8-14(3,4)9-17(5)6/h7-9H2,1-6H3,(H,15,18). The van der Waals surface area contributed by atoms with E-state index in [0.717, 1.165) is 24.3 Å². The Morgan fingerprint density at radius 2 is 2.05 bits per heavy atom. The van der Waals surface area contributed by atoms with Gasteiger partial charge in [0, 0.05) is 25.1 Å². The zero-order chi connectivity index (χ0) is 14.6. The molecule has 108 valence electrons. The number of hydrogen-bond donors (Lipinski definition) is 1. The number of aromatic nitrogens is 1. The number of carbonyl (C=O) groups is 1. The maximum Gasteiger partial charge on any atom is 0.273 e. The molecule has 1 aromatic heterocycles. The van der Waals surface area contributed by atoms with Crippen LogP contribution >= 0.6 is 0 Å². The molecule has 0 unspecified atom stereocenters. The first-order chi connectivity index (χ1) is 8.76. The van der Waals surface area contributed by atoms with E-state index in [0.29, 0.717) is 12.2 Å². The van der Waals surface area contributed by atoms with Crippen molar-refractivity contribution >= 4 is 5.91 Å². The first-order valence-corrected chi connectivity index (χ1v) is 6.65. The third kappa shape index (κ3) is 4.35. The summed E-state index contributed by atoms with van der Waals surface area (Å²) < 4.78 is 5.14. The van der Waals surface area contributed by atoms with Crippen molar-refractivity contribution in [1.82, 2.24) is 15.4 Å². The second-order valence-corrected chi connectivity index (χ2v) is 6.02. The van der Waals surface area contributed by atoms with E-state index in [1.54, 1.807) is 0 Å². The highest BCUT2D eigenvalue weighted by Gasteiger charge is 2.22. The minimum Gasteiger partial charge on any atom is -0.360 e. The van der Waals surface area contributed by atoms with Gasteiger partial charge in [0.2, 0.25) is 0 Å². The molecule has 0 atom stereocenters. The molecule has 0 aliphatic heterocycles. The number of amides is 1. The van der Waals surface area contributed by atoms with E-state index >= 15 is 0 Å². The Morgan fingerprint density at radius 3 is 2.53 bits per heavy atom. The van der Waals surface area contributed by atoms with E-state index in [-0.39, 0.29) is 11.3 Å². The van der Waals surface area contributed by atoms with E-state index in [2.05, 4.69) is 29.2 Å². The summed E-state index contributed by atoms with van der Waals surface area (Å²) in [5.74, 6) is 0.616. The molecule has 0 aliphatic rings. The quantitative estimate of drug-likeness (QED) is 0.854. The Kier molecular flexibility index (Phi) is 5.11. The monoisotopic (exact) mass is 267 g/mol. The minimum absolute atomic E-state index is 0.0182. The largest absolute Gasteiger partial charge is 0.360 e. The van der Waals surface area contributed by atoms with Gasteiger partial charge in [-0.05, 0) is 26.4 Å². The second kappa shape index (κ2) is 6.19. The van der Waals surface area contributed by atoms with Crippen LogP contribution in [0.15, 0.2) is 4.52 Å². The van der Waals surface area contributed by atoms with Gasteiger partial charge >= 0.3 is 0 Å². The topological polar surface area (TPSA) is 58.4 Å². The molecule has 5 heteroatoms. The van der Waals surface area contributed by atoms with Crippen molar-refractivity contribution < 1.29 is 9.32 Å². The average molecular weight is 267 g/mol.